The number of carbonyl (C=O) groups excluding carboxylic acids is 4. The van der Waals surface area contributed by atoms with E-state index < -0.39 is 52.8 Å². The summed E-state index contributed by atoms with van der Waals surface area (Å²) in [6.45, 7) is 7.38. The third-order valence-electron chi connectivity index (χ3n) is 4.93. The maximum Gasteiger partial charge on any atom is 0.417 e. The molecule has 16 heteroatoms. The van der Waals surface area contributed by atoms with E-state index >= 15 is 0 Å². The number of anilines is 2. The zero-order valence-electron chi connectivity index (χ0n) is 22.7. The van der Waals surface area contributed by atoms with Gasteiger partial charge >= 0.3 is 24.3 Å². The summed E-state index contributed by atoms with van der Waals surface area (Å²) in [4.78, 5) is 45.4. The van der Waals surface area contributed by atoms with E-state index in [9.17, 15) is 45.5 Å². The van der Waals surface area contributed by atoms with Crippen LogP contribution in [0.2, 0.25) is 0 Å². The number of hydrogen-bond acceptors (Lipinski definition) is 7. The summed E-state index contributed by atoms with van der Waals surface area (Å²) in [7, 11) is 2.18. The molecule has 0 spiro atoms. The van der Waals surface area contributed by atoms with Crippen LogP contribution in [0.4, 0.5) is 37.7 Å². The largest absolute Gasteiger partial charge is 0.494 e. The summed E-state index contributed by atoms with van der Waals surface area (Å²) in [6.07, 6.45) is -9.30. The molecule has 2 aromatic rings. The van der Waals surface area contributed by atoms with Crippen molar-refractivity contribution < 1.29 is 59.7 Å². The number of rotatable bonds is 7. The van der Waals surface area contributed by atoms with Crippen LogP contribution in [-0.4, -0.2) is 44.6 Å². The molecule has 0 fully saturated rings. The van der Waals surface area contributed by atoms with Gasteiger partial charge < -0.3 is 24.8 Å². The van der Waals surface area contributed by atoms with E-state index in [0.29, 0.717) is 6.07 Å². The first kappa shape index (κ1) is 36.2. The first-order valence-corrected chi connectivity index (χ1v) is 12.6. The molecule has 0 aromatic heterocycles. The Balaban J connectivity index is 0.000000428. The molecule has 0 heterocycles. The standard InChI is InChI=1S/C15H16F3NO4.C11H9F3INO3/c1-5-23-8(2)10-6-11(14(21)22-4)13(19-9(3)20)7-12(10)15(16,17)18;1-5(17)16-9-4-7(11(12,13)14)8(15)3-6(9)10(18)19-2/h6-7H,2,5H2,1,3-4H3,(H,19,20);3-4H,1-2H3,(H,16,17). The average molecular weight is 718 g/mol. The SMILES string of the molecule is C=C(OCC)c1cc(C(=O)OC)c(NC(C)=O)cc1C(F)(F)F.COC(=O)c1cc(I)c(C(F)(F)F)cc1NC(C)=O. The number of hydrogen-bond donors (Lipinski definition) is 2. The van der Waals surface area contributed by atoms with Crippen LogP contribution >= 0.6 is 22.6 Å². The molecule has 0 aliphatic heterocycles. The summed E-state index contributed by atoms with van der Waals surface area (Å²) in [5, 5.41) is 4.37. The molecule has 2 N–H and O–H groups in total. The van der Waals surface area contributed by atoms with Gasteiger partial charge in [-0.2, -0.15) is 26.3 Å². The van der Waals surface area contributed by atoms with Crippen LogP contribution in [0.3, 0.4) is 0 Å². The number of halogens is 7. The third-order valence-corrected chi connectivity index (χ3v) is 5.82. The average Bonchev–Trinajstić information content (AvgIpc) is 2.87. The van der Waals surface area contributed by atoms with Gasteiger partial charge in [0.1, 0.15) is 5.76 Å². The molecule has 2 amide bonds. The molecule has 0 saturated heterocycles. The lowest BCUT2D eigenvalue weighted by molar-refractivity contribution is -0.138. The lowest BCUT2D eigenvalue weighted by atomic mass is 10.00. The molecular formula is C26H25F6IN2O7. The van der Waals surface area contributed by atoms with E-state index in [1.54, 1.807) is 6.92 Å². The summed E-state index contributed by atoms with van der Waals surface area (Å²) in [5.41, 5.74) is -3.29. The summed E-state index contributed by atoms with van der Waals surface area (Å²) in [6, 6.07) is 3.35. The number of carbonyl (C=O) groups is 4. The van der Waals surface area contributed by atoms with Crippen LogP contribution in [0.1, 0.15) is 58.2 Å². The summed E-state index contributed by atoms with van der Waals surface area (Å²) >= 11 is 1.47. The van der Waals surface area contributed by atoms with Crippen LogP contribution in [0.25, 0.3) is 5.76 Å². The number of nitrogens with one attached hydrogen (secondary N) is 2. The Bertz CT molecular complexity index is 1370. The van der Waals surface area contributed by atoms with Crippen LogP contribution < -0.4 is 10.6 Å². The molecule has 9 nitrogen and oxygen atoms in total. The number of ether oxygens (including phenoxy) is 3. The van der Waals surface area contributed by atoms with Crippen molar-refractivity contribution >= 4 is 63.5 Å². The van der Waals surface area contributed by atoms with Crippen LogP contribution in [0.5, 0.6) is 0 Å². The fourth-order valence-corrected chi connectivity index (χ4v) is 4.02. The highest BCUT2D eigenvalue weighted by molar-refractivity contribution is 14.1. The van der Waals surface area contributed by atoms with Crippen LogP contribution in [-0.2, 0) is 36.2 Å². The van der Waals surface area contributed by atoms with E-state index in [1.807, 2.05) is 0 Å². The minimum Gasteiger partial charge on any atom is -0.494 e. The van der Waals surface area contributed by atoms with Gasteiger partial charge in [-0.1, -0.05) is 6.58 Å². The second-order valence-corrected chi connectivity index (χ2v) is 9.18. The Morgan fingerprint density at radius 3 is 1.52 bits per heavy atom. The van der Waals surface area contributed by atoms with Crippen LogP contribution in [0.15, 0.2) is 30.8 Å². The highest BCUT2D eigenvalue weighted by Gasteiger charge is 2.37. The quantitative estimate of drug-likeness (QED) is 0.145. The maximum atomic E-state index is 13.3. The molecule has 0 radical (unpaired) electrons. The third kappa shape index (κ3) is 9.92. The Morgan fingerprint density at radius 2 is 1.17 bits per heavy atom. The van der Waals surface area contributed by atoms with Crippen molar-refractivity contribution in [3.05, 3.63) is 62.2 Å². The Morgan fingerprint density at radius 1 is 0.762 bits per heavy atom. The first-order chi connectivity index (χ1) is 19.3. The van der Waals surface area contributed by atoms with E-state index in [4.69, 9.17) is 4.74 Å². The fourth-order valence-electron chi connectivity index (χ4n) is 3.25. The number of esters is 2. The molecule has 0 bridgehead atoms. The lowest BCUT2D eigenvalue weighted by Gasteiger charge is -2.18. The highest BCUT2D eigenvalue weighted by atomic mass is 127. The normalized spacial score (nSPS) is 11.0. The maximum absolute atomic E-state index is 13.3. The second-order valence-electron chi connectivity index (χ2n) is 8.02. The van der Waals surface area contributed by atoms with Gasteiger partial charge in [-0.25, -0.2) is 9.59 Å². The molecule has 0 unspecified atom stereocenters. The number of benzene rings is 2. The highest BCUT2D eigenvalue weighted by Crippen LogP contribution is 2.39. The van der Waals surface area contributed by atoms with Gasteiger partial charge in [-0.15, -0.1) is 0 Å². The minimum atomic E-state index is -4.72. The van der Waals surface area contributed by atoms with Gasteiger partial charge in [0, 0.05) is 23.0 Å². The second kappa shape index (κ2) is 14.9. The Kier molecular flexibility index (Phi) is 12.8. The van der Waals surface area contributed by atoms with Crippen molar-refractivity contribution in [2.75, 3.05) is 31.5 Å². The molecule has 230 valence electrons. The molecule has 0 aliphatic rings. The van der Waals surface area contributed by atoms with Crippen LogP contribution in [0, 0.1) is 3.57 Å². The minimum absolute atomic E-state index is 0.108. The zero-order valence-corrected chi connectivity index (χ0v) is 24.9. The first-order valence-electron chi connectivity index (χ1n) is 11.5. The Hall–Kier alpha value is -3.83. The van der Waals surface area contributed by atoms with Crippen molar-refractivity contribution in [1.29, 1.82) is 0 Å². The molecule has 42 heavy (non-hydrogen) atoms. The predicted octanol–water partition coefficient (Wildman–Crippen LogP) is 6.51. The number of amides is 2. The molecular weight excluding hydrogens is 693 g/mol. The van der Waals surface area contributed by atoms with Gasteiger partial charge in [0.05, 0.1) is 54.5 Å². The molecule has 0 atom stereocenters. The number of alkyl halides is 6. The van der Waals surface area contributed by atoms with E-state index in [1.165, 1.54) is 22.6 Å². The van der Waals surface area contributed by atoms with Crippen molar-refractivity contribution in [3.8, 4) is 0 Å². The number of methoxy groups -OCH3 is 2. The molecule has 2 aromatic carbocycles. The van der Waals surface area contributed by atoms with Gasteiger partial charge in [0.2, 0.25) is 11.8 Å². The van der Waals surface area contributed by atoms with Crippen molar-refractivity contribution in [2.24, 2.45) is 0 Å². The lowest BCUT2D eigenvalue weighted by Crippen LogP contribution is -2.17. The monoisotopic (exact) mass is 718 g/mol. The topological polar surface area (TPSA) is 120 Å². The van der Waals surface area contributed by atoms with Gasteiger partial charge in [0.15, 0.2) is 0 Å². The fraction of sp³-hybridized carbons (Fsp3) is 0.308. The predicted molar refractivity (Wildman–Crippen MR) is 148 cm³/mol. The van der Waals surface area contributed by atoms with Gasteiger partial charge in [-0.3, -0.25) is 9.59 Å². The molecule has 2 rings (SSSR count). The molecule has 0 saturated carbocycles. The van der Waals surface area contributed by atoms with E-state index in [2.05, 4.69) is 26.7 Å². The summed E-state index contributed by atoms with van der Waals surface area (Å²) < 4.78 is 91.9. The summed E-state index contributed by atoms with van der Waals surface area (Å²) in [5.74, 6) is -3.16. The Labute approximate surface area is 249 Å². The van der Waals surface area contributed by atoms with E-state index in [-0.39, 0.29) is 38.4 Å². The van der Waals surface area contributed by atoms with E-state index in [0.717, 1.165) is 46.3 Å². The smallest absolute Gasteiger partial charge is 0.417 e. The van der Waals surface area contributed by atoms with Crippen molar-refractivity contribution in [2.45, 2.75) is 33.1 Å². The van der Waals surface area contributed by atoms with Crippen molar-refractivity contribution in [3.63, 3.8) is 0 Å². The molecule has 0 aliphatic carbocycles. The van der Waals surface area contributed by atoms with Gasteiger partial charge in [0.25, 0.3) is 0 Å². The zero-order chi connectivity index (χ0) is 32.6. The van der Waals surface area contributed by atoms with Crippen molar-refractivity contribution in [1.82, 2.24) is 0 Å². The van der Waals surface area contributed by atoms with Gasteiger partial charge in [-0.05, 0) is 53.8 Å².